The maximum atomic E-state index is 2.30. The smallest absolute Gasteiger partial charge is 0.0353 e. The first kappa shape index (κ1) is 23.4. The monoisotopic (exact) mass is 342 g/mol. The molecule has 23 heavy (non-hydrogen) atoms. The number of unbranched alkanes of at least 4 members (excludes halogenated alkanes) is 16. The number of hydrogen-bond donors (Lipinski definition) is 0. The van der Waals surface area contributed by atoms with E-state index in [9.17, 15) is 0 Å². The molecule has 0 saturated heterocycles. The molecule has 140 valence electrons. The first-order chi connectivity index (χ1) is 11.4. The largest absolute Gasteiger partial charge is 0.122 e. The Hall–Kier alpha value is 0.430. The van der Waals surface area contributed by atoms with E-state index in [0.717, 1.165) is 0 Å². The van der Waals surface area contributed by atoms with Crippen molar-refractivity contribution in [1.29, 1.82) is 0 Å². The molecule has 0 saturated carbocycles. The average molecular weight is 343 g/mol. The molecule has 0 aromatic rings. The third-order valence-corrected chi connectivity index (χ3v) is 6.33. The Labute approximate surface area is 150 Å². The van der Waals surface area contributed by atoms with Gasteiger partial charge in [0.1, 0.15) is 0 Å². The zero-order chi connectivity index (χ0) is 16.8. The van der Waals surface area contributed by atoms with Gasteiger partial charge in [0, 0.05) is 0 Å². The van der Waals surface area contributed by atoms with Gasteiger partial charge in [-0.05, 0) is 25.2 Å². The summed E-state index contributed by atoms with van der Waals surface area (Å²) in [7, 11) is 1.26. The van der Waals surface area contributed by atoms with E-state index in [4.69, 9.17) is 0 Å². The summed E-state index contributed by atoms with van der Waals surface area (Å²) >= 11 is 0. The van der Waals surface area contributed by atoms with Gasteiger partial charge < -0.3 is 0 Å². The minimum absolute atomic E-state index is 1.26. The van der Waals surface area contributed by atoms with Crippen molar-refractivity contribution in [3.8, 4) is 0 Å². The highest BCUT2D eigenvalue weighted by Crippen LogP contribution is 2.18. The van der Waals surface area contributed by atoms with E-state index in [1.165, 1.54) is 136 Å². The van der Waals surface area contributed by atoms with E-state index >= 15 is 0 Å². The molecule has 0 rings (SSSR count). The highest BCUT2D eigenvalue weighted by Gasteiger charge is 1.94. The summed E-state index contributed by atoms with van der Waals surface area (Å²) in [4.78, 5) is 0. The van der Waals surface area contributed by atoms with Crippen molar-refractivity contribution in [3.05, 3.63) is 0 Å². The molecule has 1 heteroatoms. The van der Waals surface area contributed by atoms with Crippen molar-refractivity contribution in [1.82, 2.24) is 0 Å². The maximum Gasteiger partial charge on any atom is -0.0353 e. The van der Waals surface area contributed by atoms with E-state index in [2.05, 4.69) is 13.8 Å². The zero-order valence-electron chi connectivity index (χ0n) is 16.6. The predicted molar refractivity (Wildman–Crippen MR) is 113 cm³/mol. The molecule has 0 aromatic heterocycles. The first-order valence-electron chi connectivity index (χ1n) is 11.1. The van der Waals surface area contributed by atoms with E-state index in [0.29, 0.717) is 0 Å². The summed E-state index contributed by atoms with van der Waals surface area (Å²) in [6.45, 7) is 4.60. The Balaban J connectivity index is 2.92. The van der Waals surface area contributed by atoms with Gasteiger partial charge >= 0.3 is 0 Å². The zero-order valence-corrected chi connectivity index (χ0v) is 17.6. The van der Waals surface area contributed by atoms with Crippen LogP contribution in [-0.4, -0.2) is 12.3 Å². The van der Waals surface area contributed by atoms with Crippen molar-refractivity contribution in [3.63, 3.8) is 0 Å². The lowest BCUT2D eigenvalue weighted by Gasteiger charge is -2.04. The molecule has 1 unspecified atom stereocenters. The second kappa shape index (κ2) is 22.4. The summed E-state index contributed by atoms with van der Waals surface area (Å²) in [5.41, 5.74) is 0. The standard InChI is InChI=1S/C22H47P/c1-3-5-7-9-11-13-14-16-18-20-22-23-21-19-17-15-12-10-8-6-4-2/h23H,3-22H2,1-2H3. The minimum atomic E-state index is 1.26. The molecule has 0 aromatic carbocycles. The van der Waals surface area contributed by atoms with Gasteiger partial charge in [-0.25, -0.2) is 0 Å². The van der Waals surface area contributed by atoms with Crippen molar-refractivity contribution in [2.75, 3.05) is 12.3 Å². The maximum absolute atomic E-state index is 2.30. The molecular formula is C22H47P. The van der Waals surface area contributed by atoms with Gasteiger partial charge in [-0.3, -0.25) is 0 Å². The molecule has 1 atom stereocenters. The van der Waals surface area contributed by atoms with Crippen LogP contribution in [0.2, 0.25) is 0 Å². The first-order valence-corrected chi connectivity index (χ1v) is 12.5. The van der Waals surface area contributed by atoms with Crippen LogP contribution < -0.4 is 0 Å². The van der Waals surface area contributed by atoms with Gasteiger partial charge in [0.2, 0.25) is 0 Å². The van der Waals surface area contributed by atoms with Crippen molar-refractivity contribution in [2.45, 2.75) is 129 Å². The van der Waals surface area contributed by atoms with Gasteiger partial charge in [-0.15, -0.1) is 8.58 Å². The van der Waals surface area contributed by atoms with E-state index in [1.807, 2.05) is 0 Å². The SMILES string of the molecule is CCCCCCCCCCCCPCCCCCCCCCC. The molecule has 0 radical (unpaired) electrons. The van der Waals surface area contributed by atoms with Crippen LogP contribution in [0.4, 0.5) is 0 Å². The lowest BCUT2D eigenvalue weighted by Crippen LogP contribution is -1.85. The van der Waals surface area contributed by atoms with Crippen LogP contribution in [0.15, 0.2) is 0 Å². The summed E-state index contributed by atoms with van der Waals surface area (Å²) in [6, 6.07) is 0. The number of hydrogen-bond acceptors (Lipinski definition) is 0. The van der Waals surface area contributed by atoms with Gasteiger partial charge in [0.05, 0.1) is 0 Å². The topological polar surface area (TPSA) is 0 Å². The third-order valence-electron chi connectivity index (χ3n) is 4.91. The van der Waals surface area contributed by atoms with Gasteiger partial charge in [-0.2, -0.15) is 0 Å². The van der Waals surface area contributed by atoms with Crippen molar-refractivity contribution < 1.29 is 0 Å². The Morgan fingerprint density at radius 3 is 0.913 bits per heavy atom. The lowest BCUT2D eigenvalue weighted by atomic mass is 10.1. The van der Waals surface area contributed by atoms with Gasteiger partial charge in [0.15, 0.2) is 0 Å². The van der Waals surface area contributed by atoms with Crippen molar-refractivity contribution >= 4 is 8.58 Å². The molecule has 0 bridgehead atoms. The Bertz CT molecular complexity index is 170. The van der Waals surface area contributed by atoms with Crippen LogP contribution in [0.3, 0.4) is 0 Å². The quantitative estimate of drug-likeness (QED) is 0.153. The Morgan fingerprint density at radius 1 is 0.348 bits per heavy atom. The molecule has 0 aliphatic carbocycles. The molecule has 0 N–H and O–H groups in total. The predicted octanol–water partition coefficient (Wildman–Crippen LogP) is 8.73. The molecule has 0 aliphatic rings. The second-order valence-electron chi connectivity index (χ2n) is 7.41. The van der Waals surface area contributed by atoms with E-state index in [1.54, 1.807) is 0 Å². The van der Waals surface area contributed by atoms with Gasteiger partial charge in [-0.1, -0.05) is 117 Å². The molecule has 0 fully saturated rings. The molecule has 0 nitrogen and oxygen atoms in total. The lowest BCUT2D eigenvalue weighted by molar-refractivity contribution is 0.563. The fourth-order valence-electron chi connectivity index (χ4n) is 3.25. The fraction of sp³-hybridized carbons (Fsp3) is 1.00. The summed E-state index contributed by atoms with van der Waals surface area (Å²) in [6.07, 6.45) is 29.5. The summed E-state index contributed by atoms with van der Waals surface area (Å²) in [5, 5.41) is 0. The van der Waals surface area contributed by atoms with Crippen molar-refractivity contribution in [2.24, 2.45) is 0 Å². The average Bonchev–Trinajstić information content (AvgIpc) is 2.57. The fourth-order valence-corrected chi connectivity index (χ4v) is 4.50. The van der Waals surface area contributed by atoms with Crippen LogP contribution in [-0.2, 0) is 0 Å². The highest BCUT2D eigenvalue weighted by molar-refractivity contribution is 7.37. The van der Waals surface area contributed by atoms with Crippen LogP contribution in [0.5, 0.6) is 0 Å². The van der Waals surface area contributed by atoms with Crippen LogP contribution >= 0.6 is 8.58 Å². The van der Waals surface area contributed by atoms with Crippen LogP contribution in [0.1, 0.15) is 129 Å². The van der Waals surface area contributed by atoms with Gasteiger partial charge in [0.25, 0.3) is 0 Å². The van der Waals surface area contributed by atoms with E-state index < -0.39 is 0 Å². The minimum Gasteiger partial charge on any atom is -0.122 e. The molecule has 0 aliphatic heterocycles. The molecular weight excluding hydrogens is 295 g/mol. The highest BCUT2D eigenvalue weighted by atomic mass is 31.1. The summed E-state index contributed by atoms with van der Waals surface area (Å²) < 4.78 is 0. The Kier molecular flexibility index (Phi) is 22.8. The third kappa shape index (κ3) is 22.4. The summed E-state index contributed by atoms with van der Waals surface area (Å²) in [5.74, 6) is 0. The molecule has 0 heterocycles. The second-order valence-corrected chi connectivity index (χ2v) is 8.91. The molecule has 0 spiro atoms. The Morgan fingerprint density at radius 2 is 0.609 bits per heavy atom. The molecule has 0 amide bonds. The number of rotatable bonds is 20. The van der Waals surface area contributed by atoms with E-state index in [-0.39, 0.29) is 0 Å². The van der Waals surface area contributed by atoms with Crippen LogP contribution in [0.25, 0.3) is 0 Å². The normalized spacial score (nSPS) is 11.7. The van der Waals surface area contributed by atoms with Crippen LogP contribution in [0, 0.1) is 0 Å².